The van der Waals surface area contributed by atoms with Gasteiger partial charge in [-0.1, -0.05) is 29.8 Å². The van der Waals surface area contributed by atoms with E-state index >= 15 is 0 Å². The van der Waals surface area contributed by atoms with Crippen molar-refractivity contribution in [3.63, 3.8) is 0 Å². The van der Waals surface area contributed by atoms with E-state index in [1.165, 1.54) is 18.2 Å². The monoisotopic (exact) mass is 447 g/mol. The van der Waals surface area contributed by atoms with Crippen molar-refractivity contribution >= 4 is 44.5 Å². The summed E-state index contributed by atoms with van der Waals surface area (Å²) in [4.78, 5) is 24.3. The summed E-state index contributed by atoms with van der Waals surface area (Å²) in [6.07, 6.45) is 0.753. The molecule has 3 aromatic rings. The minimum atomic E-state index is -4.19. The van der Waals surface area contributed by atoms with Crippen molar-refractivity contribution in [2.75, 3.05) is 7.11 Å². The molecule has 7 nitrogen and oxygen atoms in total. The van der Waals surface area contributed by atoms with Crippen LogP contribution in [0, 0.1) is 0 Å². The molecule has 0 bridgehead atoms. The van der Waals surface area contributed by atoms with E-state index in [9.17, 15) is 23.1 Å². The molecule has 0 saturated heterocycles. The van der Waals surface area contributed by atoms with Gasteiger partial charge >= 0.3 is 11.9 Å². The Morgan fingerprint density at radius 2 is 1.93 bits per heavy atom. The van der Waals surface area contributed by atoms with Crippen molar-refractivity contribution < 1.29 is 27.9 Å². The minimum Gasteiger partial charge on any atom is -0.481 e. The third kappa shape index (κ3) is 3.16. The molecule has 1 aliphatic rings. The average molecular weight is 448 g/mol. The Balaban J connectivity index is 2.16. The molecule has 2 aromatic carbocycles. The maximum absolute atomic E-state index is 13.6. The quantitative estimate of drug-likeness (QED) is 0.596. The van der Waals surface area contributed by atoms with Crippen LogP contribution in [0.5, 0.6) is 0 Å². The van der Waals surface area contributed by atoms with Crippen LogP contribution in [0.15, 0.2) is 47.4 Å². The van der Waals surface area contributed by atoms with Crippen LogP contribution in [0.1, 0.15) is 40.4 Å². The topological polar surface area (TPSA) is 103 Å². The lowest BCUT2D eigenvalue weighted by molar-refractivity contribution is -0.137. The molecule has 156 valence electrons. The second-order valence-corrected chi connectivity index (χ2v) is 9.35. The summed E-state index contributed by atoms with van der Waals surface area (Å²) in [5.74, 6) is -2.40. The first kappa shape index (κ1) is 20.4. The molecule has 9 heteroatoms. The molecule has 0 radical (unpaired) electrons. The molecule has 0 spiro atoms. The van der Waals surface area contributed by atoms with E-state index in [1.807, 2.05) is 0 Å². The van der Waals surface area contributed by atoms with Gasteiger partial charge in [-0.05, 0) is 54.2 Å². The van der Waals surface area contributed by atoms with E-state index in [1.54, 1.807) is 24.3 Å². The zero-order chi connectivity index (χ0) is 21.6. The fourth-order valence-corrected chi connectivity index (χ4v) is 5.95. The van der Waals surface area contributed by atoms with Gasteiger partial charge in [0.1, 0.15) is 5.69 Å². The molecule has 0 amide bonds. The second kappa shape index (κ2) is 7.45. The van der Waals surface area contributed by atoms with E-state index < -0.39 is 27.9 Å². The Hall–Kier alpha value is -2.84. The number of halogens is 1. The van der Waals surface area contributed by atoms with Crippen LogP contribution in [0.25, 0.3) is 10.9 Å². The molecular weight excluding hydrogens is 430 g/mol. The largest absolute Gasteiger partial charge is 0.481 e. The molecule has 1 unspecified atom stereocenters. The van der Waals surface area contributed by atoms with Crippen molar-refractivity contribution in [1.29, 1.82) is 0 Å². The summed E-state index contributed by atoms with van der Waals surface area (Å²) in [6, 6.07) is 10.9. The number of ether oxygens (including phenoxy) is 1. The Bertz CT molecular complexity index is 1280. The van der Waals surface area contributed by atoms with Crippen molar-refractivity contribution in [1.82, 2.24) is 3.97 Å². The maximum Gasteiger partial charge on any atom is 0.356 e. The van der Waals surface area contributed by atoms with Gasteiger partial charge in [0.25, 0.3) is 10.0 Å². The molecule has 0 fully saturated rings. The number of aryl methyl sites for hydroxylation is 1. The number of esters is 1. The van der Waals surface area contributed by atoms with Crippen molar-refractivity contribution in [2.24, 2.45) is 0 Å². The summed E-state index contributed by atoms with van der Waals surface area (Å²) in [7, 11) is -3.03. The number of carbonyl (C=O) groups excluding carboxylic acids is 1. The molecular formula is C21H18ClNO6S. The van der Waals surface area contributed by atoms with E-state index in [0.717, 1.165) is 16.6 Å². The van der Waals surface area contributed by atoms with Crippen LogP contribution >= 0.6 is 11.6 Å². The van der Waals surface area contributed by atoms with Gasteiger partial charge in [-0.3, -0.25) is 4.79 Å². The van der Waals surface area contributed by atoms with E-state index in [-0.39, 0.29) is 22.5 Å². The van der Waals surface area contributed by atoms with Crippen molar-refractivity contribution in [3.05, 3.63) is 64.3 Å². The maximum atomic E-state index is 13.6. The van der Waals surface area contributed by atoms with Gasteiger partial charge in [0.15, 0.2) is 0 Å². The molecule has 1 heterocycles. The third-order valence-corrected chi connectivity index (χ3v) is 7.31. The normalized spacial score (nSPS) is 15.9. The summed E-state index contributed by atoms with van der Waals surface area (Å²) in [6.45, 7) is 0. The summed E-state index contributed by atoms with van der Waals surface area (Å²) in [5, 5.41) is 10.3. The fourth-order valence-electron chi connectivity index (χ4n) is 4.19. The lowest BCUT2D eigenvalue weighted by atomic mass is 9.81. The van der Waals surface area contributed by atoms with Gasteiger partial charge in [-0.25, -0.2) is 17.2 Å². The number of benzene rings is 2. The minimum absolute atomic E-state index is 0.00541. The van der Waals surface area contributed by atoms with Crippen molar-refractivity contribution in [3.8, 4) is 0 Å². The number of carboxylic acids is 1. The number of aromatic nitrogens is 1. The number of nitrogens with zero attached hydrogens (tertiary/aromatic N) is 1. The lowest BCUT2D eigenvalue weighted by Crippen LogP contribution is -2.21. The predicted octanol–water partition coefficient (Wildman–Crippen LogP) is 3.82. The fraction of sp³-hybridized carbons (Fsp3) is 0.238. The highest BCUT2D eigenvalue weighted by Crippen LogP contribution is 2.45. The Kier molecular flexibility index (Phi) is 5.07. The van der Waals surface area contributed by atoms with Gasteiger partial charge in [-0.15, -0.1) is 0 Å². The molecule has 1 N–H and O–H groups in total. The molecule has 0 aliphatic heterocycles. The standard InChI is InChI=1S/C21H18ClNO6S/c1-29-21(26)20-19-13(10-17(24)25)8-7-12-9-14(22)11-16(18(12)19)23(20)30(27,28)15-5-3-2-4-6-15/h2-6,9,11,13H,7-8,10H2,1H3,(H,24,25). The Labute approximate surface area is 177 Å². The Morgan fingerprint density at radius 1 is 1.23 bits per heavy atom. The van der Waals surface area contributed by atoms with Crippen LogP contribution in [-0.2, 0) is 26.0 Å². The molecule has 1 atom stereocenters. The first-order chi connectivity index (χ1) is 14.3. The van der Waals surface area contributed by atoms with E-state index in [2.05, 4.69) is 0 Å². The van der Waals surface area contributed by atoms with Gasteiger partial charge in [0, 0.05) is 10.4 Å². The van der Waals surface area contributed by atoms with Crippen LogP contribution < -0.4 is 0 Å². The van der Waals surface area contributed by atoms with Gasteiger partial charge in [-0.2, -0.15) is 0 Å². The highest BCUT2D eigenvalue weighted by molar-refractivity contribution is 7.90. The SMILES string of the molecule is COC(=O)c1c2c3c(cc(Cl)cc3n1S(=O)(=O)c1ccccc1)CCC2CC(=O)O. The van der Waals surface area contributed by atoms with Crippen molar-refractivity contribution in [2.45, 2.75) is 30.1 Å². The molecule has 4 rings (SSSR count). The number of aliphatic carboxylic acids is 1. The predicted molar refractivity (Wildman–Crippen MR) is 111 cm³/mol. The molecule has 0 saturated carbocycles. The van der Waals surface area contributed by atoms with Crippen LogP contribution in [0.3, 0.4) is 0 Å². The summed E-state index contributed by atoms with van der Waals surface area (Å²) < 4.78 is 33.0. The molecule has 1 aliphatic carbocycles. The first-order valence-corrected chi connectivity index (χ1v) is 11.0. The van der Waals surface area contributed by atoms with Crippen LogP contribution in [-0.4, -0.2) is 36.5 Å². The number of methoxy groups -OCH3 is 1. The van der Waals surface area contributed by atoms with Crippen LogP contribution in [0.4, 0.5) is 0 Å². The smallest absolute Gasteiger partial charge is 0.356 e. The van der Waals surface area contributed by atoms with Crippen LogP contribution in [0.2, 0.25) is 5.02 Å². The second-order valence-electron chi connectivity index (χ2n) is 7.13. The third-order valence-electron chi connectivity index (χ3n) is 5.36. The van der Waals surface area contributed by atoms with Gasteiger partial charge in [0.2, 0.25) is 0 Å². The van der Waals surface area contributed by atoms with Gasteiger partial charge < -0.3 is 9.84 Å². The highest BCUT2D eigenvalue weighted by Gasteiger charge is 2.37. The number of rotatable bonds is 5. The first-order valence-electron chi connectivity index (χ1n) is 9.23. The molecule has 1 aromatic heterocycles. The van der Waals surface area contributed by atoms with E-state index in [0.29, 0.717) is 28.8 Å². The average Bonchev–Trinajstić information content (AvgIpc) is 3.06. The molecule has 30 heavy (non-hydrogen) atoms. The Morgan fingerprint density at radius 3 is 2.57 bits per heavy atom. The number of carboxylic acid groups (broad SMARTS) is 1. The zero-order valence-electron chi connectivity index (χ0n) is 16.0. The zero-order valence-corrected chi connectivity index (χ0v) is 17.5. The number of carbonyl (C=O) groups is 2. The van der Waals surface area contributed by atoms with Gasteiger partial charge in [0.05, 0.1) is 23.9 Å². The summed E-state index contributed by atoms with van der Waals surface area (Å²) in [5.41, 5.74) is 1.23. The number of hydrogen-bond acceptors (Lipinski definition) is 5. The lowest BCUT2D eigenvalue weighted by Gasteiger charge is -2.22. The highest BCUT2D eigenvalue weighted by atomic mass is 35.5. The summed E-state index contributed by atoms with van der Waals surface area (Å²) >= 11 is 6.27. The number of hydrogen-bond donors (Lipinski definition) is 1. The van der Waals surface area contributed by atoms with E-state index in [4.69, 9.17) is 16.3 Å².